The van der Waals surface area contributed by atoms with Crippen LogP contribution in [0.2, 0.25) is 0 Å². The lowest BCUT2D eigenvalue weighted by Crippen LogP contribution is -2.32. The fourth-order valence-corrected chi connectivity index (χ4v) is 2.32. The van der Waals surface area contributed by atoms with E-state index in [1.54, 1.807) is 18.2 Å². The number of amidine groups is 1. The summed E-state index contributed by atoms with van der Waals surface area (Å²) < 4.78 is 10.7. The maximum Gasteiger partial charge on any atom is 0.253 e. The van der Waals surface area contributed by atoms with Crippen LogP contribution in [0.3, 0.4) is 0 Å². The van der Waals surface area contributed by atoms with Gasteiger partial charge in [-0.2, -0.15) is 0 Å². The van der Waals surface area contributed by atoms with Gasteiger partial charge in [0.05, 0.1) is 12.8 Å². The number of methoxy groups -OCH3 is 1. The number of oxime groups is 1. The Bertz CT molecular complexity index is 559. The molecule has 1 aromatic carbocycles. The van der Waals surface area contributed by atoms with Crippen LogP contribution < -0.4 is 15.8 Å². The van der Waals surface area contributed by atoms with E-state index < -0.39 is 6.10 Å². The highest BCUT2D eigenvalue weighted by Gasteiger charge is 2.31. The van der Waals surface area contributed by atoms with Crippen LogP contribution in [0, 0.1) is 5.92 Å². The second-order valence-corrected chi connectivity index (χ2v) is 4.91. The molecule has 7 heteroatoms. The van der Waals surface area contributed by atoms with Crippen LogP contribution >= 0.6 is 0 Å². The first-order valence-corrected chi connectivity index (χ1v) is 6.65. The number of carbonyl (C=O) groups is 1. The van der Waals surface area contributed by atoms with Gasteiger partial charge in [0.25, 0.3) is 5.91 Å². The van der Waals surface area contributed by atoms with Crippen LogP contribution in [-0.4, -0.2) is 36.8 Å². The molecule has 21 heavy (non-hydrogen) atoms. The first-order valence-electron chi connectivity index (χ1n) is 6.65. The number of nitrogens with two attached hydrogens (primary N) is 1. The molecular weight excluding hydrogens is 274 g/mol. The van der Waals surface area contributed by atoms with Crippen molar-refractivity contribution in [3.05, 3.63) is 23.8 Å². The Hall–Kier alpha value is -2.28. The van der Waals surface area contributed by atoms with E-state index in [2.05, 4.69) is 10.5 Å². The minimum Gasteiger partial charge on any atom is -0.495 e. The Balaban J connectivity index is 2.31. The van der Waals surface area contributed by atoms with E-state index in [0.717, 1.165) is 6.42 Å². The molecule has 1 saturated heterocycles. The standard InChI is InChI=1S/C14H19N3O4/c1-8-6-7-21-12(8)14(18)16-11-9(13(15)17-19)4-3-5-10(11)20-2/h3-5,8,12,19H,6-7H2,1-2H3,(H2,15,17)(H,16,18). The van der Waals surface area contributed by atoms with E-state index in [9.17, 15) is 4.79 Å². The average Bonchev–Trinajstić information content (AvgIpc) is 2.92. The first-order chi connectivity index (χ1) is 10.1. The number of nitrogens with one attached hydrogen (secondary N) is 1. The molecule has 1 aliphatic heterocycles. The Morgan fingerprint density at radius 3 is 2.90 bits per heavy atom. The van der Waals surface area contributed by atoms with Crippen molar-refractivity contribution in [2.75, 3.05) is 19.0 Å². The second kappa shape index (κ2) is 6.45. The molecular formula is C14H19N3O4. The van der Waals surface area contributed by atoms with Gasteiger partial charge in [-0.3, -0.25) is 4.79 Å². The molecule has 1 aromatic rings. The van der Waals surface area contributed by atoms with Gasteiger partial charge in [0, 0.05) is 12.2 Å². The number of benzene rings is 1. The summed E-state index contributed by atoms with van der Waals surface area (Å²) in [7, 11) is 1.48. The maximum absolute atomic E-state index is 12.3. The third kappa shape index (κ3) is 3.08. The predicted molar refractivity (Wildman–Crippen MR) is 77.7 cm³/mol. The summed E-state index contributed by atoms with van der Waals surface area (Å²) in [6, 6.07) is 5.01. The van der Waals surface area contributed by atoms with Gasteiger partial charge in [0.2, 0.25) is 0 Å². The zero-order valence-electron chi connectivity index (χ0n) is 12.0. The van der Waals surface area contributed by atoms with Crippen LogP contribution in [0.25, 0.3) is 0 Å². The quantitative estimate of drug-likeness (QED) is 0.334. The van der Waals surface area contributed by atoms with E-state index in [-0.39, 0.29) is 17.7 Å². The van der Waals surface area contributed by atoms with Crippen molar-refractivity contribution in [3.8, 4) is 5.75 Å². The van der Waals surface area contributed by atoms with Crippen molar-refractivity contribution in [1.29, 1.82) is 0 Å². The number of anilines is 1. The van der Waals surface area contributed by atoms with E-state index in [1.807, 2.05) is 6.92 Å². The zero-order chi connectivity index (χ0) is 15.4. The van der Waals surface area contributed by atoms with Crippen LogP contribution in [0.5, 0.6) is 5.75 Å². The number of ether oxygens (including phenoxy) is 2. The SMILES string of the molecule is COc1cccc(/C(N)=N/O)c1NC(=O)C1OCCC1C. The Morgan fingerprint density at radius 1 is 1.57 bits per heavy atom. The Morgan fingerprint density at radius 2 is 2.33 bits per heavy atom. The summed E-state index contributed by atoms with van der Waals surface area (Å²) >= 11 is 0. The molecule has 4 N–H and O–H groups in total. The number of rotatable bonds is 4. The van der Waals surface area contributed by atoms with Gasteiger partial charge >= 0.3 is 0 Å². The van der Waals surface area contributed by atoms with Crippen LogP contribution in [0.1, 0.15) is 18.9 Å². The van der Waals surface area contributed by atoms with Crippen molar-refractivity contribution in [2.24, 2.45) is 16.8 Å². The lowest BCUT2D eigenvalue weighted by Gasteiger charge is -2.18. The molecule has 0 aromatic heterocycles. The summed E-state index contributed by atoms with van der Waals surface area (Å²) in [5, 5.41) is 14.6. The van der Waals surface area contributed by atoms with Gasteiger partial charge in [-0.05, 0) is 24.5 Å². The van der Waals surface area contributed by atoms with E-state index >= 15 is 0 Å². The summed E-state index contributed by atoms with van der Waals surface area (Å²) in [5.74, 6) is 0.200. The second-order valence-electron chi connectivity index (χ2n) is 4.91. The fourth-order valence-electron chi connectivity index (χ4n) is 2.32. The van der Waals surface area contributed by atoms with Gasteiger partial charge < -0.3 is 25.7 Å². The molecule has 114 valence electrons. The van der Waals surface area contributed by atoms with Gasteiger partial charge in [-0.15, -0.1) is 0 Å². The molecule has 0 aliphatic carbocycles. The molecule has 2 unspecified atom stereocenters. The smallest absolute Gasteiger partial charge is 0.253 e. The molecule has 1 amide bonds. The number of carbonyl (C=O) groups excluding carboxylic acids is 1. The Labute approximate surface area is 122 Å². The monoisotopic (exact) mass is 293 g/mol. The highest BCUT2D eigenvalue weighted by Crippen LogP contribution is 2.30. The van der Waals surface area contributed by atoms with Crippen molar-refractivity contribution < 1.29 is 19.5 Å². The van der Waals surface area contributed by atoms with Crippen molar-refractivity contribution in [2.45, 2.75) is 19.4 Å². The number of amides is 1. The van der Waals surface area contributed by atoms with E-state index in [4.69, 9.17) is 20.4 Å². The highest BCUT2D eigenvalue weighted by molar-refractivity contribution is 6.07. The molecule has 0 radical (unpaired) electrons. The summed E-state index contributed by atoms with van der Waals surface area (Å²) in [4.78, 5) is 12.3. The minimum absolute atomic E-state index is 0.107. The van der Waals surface area contributed by atoms with Gasteiger partial charge in [0.1, 0.15) is 11.9 Å². The van der Waals surface area contributed by atoms with Crippen molar-refractivity contribution in [3.63, 3.8) is 0 Å². The van der Waals surface area contributed by atoms with Gasteiger partial charge in [-0.1, -0.05) is 18.1 Å². The molecule has 7 nitrogen and oxygen atoms in total. The molecule has 1 heterocycles. The van der Waals surface area contributed by atoms with Gasteiger partial charge in [0.15, 0.2) is 5.84 Å². The minimum atomic E-state index is -0.505. The maximum atomic E-state index is 12.3. The molecule has 2 rings (SSSR count). The third-order valence-electron chi connectivity index (χ3n) is 3.52. The fraction of sp³-hybridized carbons (Fsp3) is 0.429. The van der Waals surface area contributed by atoms with E-state index in [1.165, 1.54) is 7.11 Å². The normalized spacial score (nSPS) is 22.1. The molecule has 0 bridgehead atoms. The Kier molecular flexibility index (Phi) is 4.64. The molecule has 2 atom stereocenters. The zero-order valence-corrected chi connectivity index (χ0v) is 12.0. The lowest BCUT2D eigenvalue weighted by molar-refractivity contribution is -0.126. The summed E-state index contributed by atoms with van der Waals surface area (Å²) in [5.41, 5.74) is 6.39. The largest absolute Gasteiger partial charge is 0.495 e. The summed E-state index contributed by atoms with van der Waals surface area (Å²) in [6.07, 6.45) is 0.340. The predicted octanol–water partition coefficient (Wildman–Crippen LogP) is 1.15. The molecule has 1 fully saturated rings. The third-order valence-corrected chi connectivity index (χ3v) is 3.52. The topological polar surface area (TPSA) is 106 Å². The van der Waals surface area contributed by atoms with Crippen LogP contribution in [-0.2, 0) is 9.53 Å². The number of hydrogen-bond donors (Lipinski definition) is 3. The molecule has 0 saturated carbocycles. The summed E-state index contributed by atoms with van der Waals surface area (Å²) in [6.45, 7) is 2.53. The molecule has 1 aliphatic rings. The average molecular weight is 293 g/mol. The number of nitrogens with zero attached hydrogens (tertiary/aromatic N) is 1. The van der Waals surface area contributed by atoms with Crippen LogP contribution in [0.15, 0.2) is 23.4 Å². The lowest BCUT2D eigenvalue weighted by atomic mass is 10.0. The molecule has 0 spiro atoms. The van der Waals surface area contributed by atoms with Crippen molar-refractivity contribution >= 4 is 17.4 Å². The first kappa shape index (κ1) is 15.1. The highest BCUT2D eigenvalue weighted by atomic mass is 16.5. The number of para-hydroxylation sites is 1. The van der Waals surface area contributed by atoms with Gasteiger partial charge in [-0.25, -0.2) is 0 Å². The van der Waals surface area contributed by atoms with Crippen LogP contribution in [0.4, 0.5) is 5.69 Å². The van der Waals surface area contributed by atoms with E-state index in [0.29, 0.717) is 23.6 Å². The number of hydrogen-bond acceptors (Lipinski definition) is 5. The van der Waals surface area contributed by atoms with Crippen molar-refractivity contribution in [1.82, 2.24) is 0 Å².